The molecule has 2 N–H and O–H groups in total. The van der Waals surface area contributed by atoms with Gasteiger partial charge in [0, 0.05) is 30.6 Å². The van der Waals surface area contributed by atoms with Crippen molar-refractivity contribution in [2.24, 2.45) is 0 Å². The van der Waals surface area contributed by atoms with Crippen LogP contribution < -0.4 is 5.32 Å². The number of nitriles is 1. The highest BCUT2D eigenvalue weighted by Crippen LogP contribution is 2.35. The third kappa shape index (κ3) is 2.59. The molecule has 1 aromatic heterocycles. The third-order valence-electron chi connectivity index (χ3n) is 3.95. The van der Waals surface area contributed by atoms with Crippen LogP contribution in [0.1, 0.15) is 19.4 Å². The molecule has 0 aliphatic heterocycles. The number of aryl methyl sites for hydroxylation is 1. The summed E-state index contributed by atoms with van der Waals surface area (Å²) in [7, 11) is 0. The fourth-order valence-electron chi connectivity index (χ4n) is 2.99. The SMILES string of the molecule is CCn1c(-c2ccc(NC(C)=O)cc2)c(C#N)c2ccc(O)cc21. The van der Waals surface area contributed by atoms with Crippen LogP contribution in [0, 0.1) is 11.3 Å². The summed E-state index contributed by atoms with van der Waals surface area (Å²) in [5.41, 5.74) is 3.82. The van der Waals surface area contributed by atoms with Crippen LogP contribution in [0.5, 0.6) is 5.75 Å². The van der Waals surface area contributed by atoms with Crippen LogP contribution in [0.3, 0.4) is 0 Å². The van der Waals surface area contributed by atoms with Gasteiger partial charge >= 0.3 is 0 Å². The Balaban J connectivity index is 2.21. The Kier molecular flexibility index (Phi) is 3.97. The van der Waals surface area contributed by atoms with E-state index in [4.69, 9.17) is 0 Å². The monoisotopic (exact) mass is 319 g/mol. The Hall–Kier alpha value is -3.26. The Morgan fingerprint density at radius 1 is 1.25 bits per heavy atom. The summed E-state index contributed by atoms with van der Waals surface area (Å²) in [5.74, 6) is 0.0466. The fraction of sp³-hybridized carbons (Fsp3) is 0.158. The summed E-state index contributed by atoms with van der Waals surface area (Å²) in [6, 6.07) is 14.7. The first kappa shape index (κ1) is 15.6. The van der Waals surface area contributed by atoms with Crippen LogP contribution in [0.4, 0.5) is 5.69 Å². The van der Waals surface area contributed by atoms with E-state index in [2.05, 4.69) is 11.4 Å². The van der Waals surface area contributed by atoms with Gasteiger partial charge in [0.1, 0.15) is 11.8 Å². The molecule has 0 spiro atoms. The van der Waals surface area contributed by atoms with Crippen LogP contribution in [0.25, 0.3) is 22.2 Å². The number of phenols is 1. The molecule has 1 heterocycles. The summed E-state index contributed by atoms with van der Waals surface area (Å²) < 4.78 is 2.01. The maximum Gasteiger partial charge on any atom is 0.221 e. The summed E-state index contributed by atoms with van der Waals surface area (Å²) in [6.45, 7) is 4.13. The van der Waals surface area contributed by atoms with E-state index in [1.165, 1.54) is 6.92 Å². The summed E-state index contributed by atoms with van der Waals surface area (Å²) in [5, 5.41) is 23.0. The number of amides is 1. The highest BCUT2D eigenvalue weighted by molar-refractivity contribution is 5.95. The van der Waals surface area contributed by atoms with E-state index in [1.807, 2.05) is 35.8 Å². The molecular weight excluding hydrogens is 302 g/mol. The molecule has 0 aliphatic rings. The lowest BCUT2D eigenvalue weighted by Gasteiger charge is -2.10. The molecule has 3 aromatic rings. The fourth-order valence-corrected chi connectivity index (χ4v) is 2.99. The predicted octanol–water partition coefficient (Wildman–Crippen LogP) is 3.86. The highest BCUT2D eigenvalue weighted by atomic mass is 16.3. The number of fused-ring (bicyclic) bond motifs is 1. The Morgan fingerprint density at radius 3 is 2.54 bits per heavy atom. The van der Waals surface area contributed by atoms with Crippen molar-refractivity contribution in [2.75, 3.05) is 5.32 Å². The first-order valence-electron chi connectivity index (χ1n) is 7.68. The van der Waals surface area contributed by atoms with Crippen LogP contribution in [-0.2, 0) is 11.3 Å². The molecule has 3 rings (SSSR count). The third-order valence-corrected chi connectivity index (χ3v) is 3.95. The average molecular weight is 319 g/mol. The van der Waals surface area contributed by atoms with Crippen molar-refractivity contribution < 1.29 is 9.90 Å². The van der Waals surface area contributed by atoms with Crippen LogP contribution >= 0.6 is 0 Å². The van der Waals surface area contributed by atoms with Gasteiger partial charge in [-0.1, -0.05) is 12.1 Å². The van der Waals surface area contributed by atoms with Crippen molar-refractivity contribution in [3.8, 4) is 23.1 Å². The summed E-state index contributed by atoms with van der Waals surface area (Å²) in [4.78, 5) is 11.1. The molecule has 5 heteroatoms. The van der Waals surface area contributed by atoms with E-state index in [0.29, 0.717) is 17.8 Å². The second-order valence-electron chi connectivity index (χ2n) is 5.54. The van der Waals surface area contributed by atoms with Gasteiger partial charge in [0.15, 0.2) is 0 Å². The van der Waals surface area contributed by atoms with E-state index in [-0.39, 0.29) is 11.7 Å². The van der Waals surface area contributed by atoms with Crippen molar-refractivity contribution in [3.63, 3.8) is 0 Å². The number of phenolic OH excluding ortho intramolecular Hbond substituents is 1. The first-order chi connectivity index (χ1) is 11.5. The van der Waals surface area contributed by atoms with E-state index >= 15 is 0 Å². The van der Waals surface area contributed by atoms with Gasteiger partial charge in [-0.2, -0.15) is 5.26 Å². The molecule has 0 radical (unpaired) electrons. The molecule has 120 valence electrons. The Labute approximate surface area is 139 Å². The normalized spacial score (nSPS) is 10.5. The second kappa shape index (κ2) is 6.09. The number of carbonyl (C=O) groups is 1. The number of anilines is 1. The largest absolute Gasteiger partial charge is 0.508 e. The molecule has 0 unspecified atom stereocenters. The molecule has 24 heavy (non-hydrogen) atoms. The topological polar surface area (TPSA) is 78.0 Å². The van der Waals surface area contributed by atoms with E-state index in [0.717, 1.165) is 22.2 Å². The van der Waals surface area contributed by atoms with Gasteiger partial charge in [-0.15, -0.1) is 0 Å². The number of aromatic hydroxyl groups is 1. The van der Waals surface area contributed by atoms with Crippen molar-refractivity contribution in [2.45, 2.75) is 20.4 Å². The molecule has 5 nitrogen and oxygen atoms in total. The average Bonchev–Trinajstić information content (AvgIpc) is 2.87. The predicted molar refractivity (Wildman–Crippen MR) is 93.7 cm³/mol. The number of benzene rings is 2. The smallest absolute Gasteiger partial charge is 0.221 e. The van der Waals surface area contributed by atoms with Gasteiger partial charge in [-0.05, 0) is 36.8 Å². The summed E-state index contributed by atoms with van der Waals surface area (Å²) >= 11 is 0. The zero-order chi connectivity index (χ0) is 17.3. The minimum absolute atomic E-state index is 0.126. The zero-order valence-electron chi connectivity index (χ0n) is 13.5. The number of carbonyl (C=O) groups excluding carboxylic acids is 1. The molecule has 0 fully saturated rings. The van der Waals surface area contributed by atoms with Crippen molar-refractivity contribution in [1.82, 2.24) is 4.57 Å². The first-order valence-corrected chi connectivity index (χ1v) is 7.68. The van der Waals surface area contributed by atoms with E-state index in [9.17, 15) is 15.2 Å². The number of aromatic nitrogens is 1. The maximum atomic E-state index is 11.1. The van der Waals surface area contributed by atoms with Gasteiger partial charge < -0.3 is 15.0 Å². The van der Waals surface area contributed by atoms with Gasteiger partial charge in [-0.3, -0.25) is 4.79 Å². The van der Waals surface area contributed by atoms with Crippen LogP contribution in [0.15, 0.2) is 42.5 Å². The van der Waals surface area contributed by atoms with E-state index in [1.54, 1.807) is 18.2 Å². The number of rotatable bonds is 3. The minimum Gasteiger partial charge on any atom is -0.508 e. The van der Waals surface area contributed by atoms with Crippen molar-refractivity contribution in [1.29, 1.82) is 5.26 Å². The maximum absolute atomic E-state index is 11.1. The van der Waals surface area contributed by atoms with Gasteiger partial charge in [0.2, 0.25) is 5.91 Å². The van der Waals surface area contributed by atoms with Crippen molar-refractivity contribution >= 4 is 22.5 Å². The molecule has 0 bridgehead atoms. The van der Waals surface area contributed by atoms with Crippen LogP contribution in [-0.4, -0.2) is 15.6 Å². The van der Waals surface area contributed by atoms with E-state index < -0.39 is 0 Å². The standard InChI is InChI=1S/C19H17N3O2/c1-3-22-18-10-15(24)8-9-16(18)17(11-20)19(22)13-4-6-14(7-5-13)21-12(2)23/h4-10,24H,3H2,1-2H3,(H,21,23). The zero-order valence-corrected chi connectivity index (χ0v) is 13.5. The van der Waals surface area contributed by atoms with Crippen molar-refractivity contribution in [3.05, 3.63) is 48.0 Å². The minimum atomic E-state index is -0.126. The van der Waals surface area contributed by atoms with Crippen LogP contribution in [0.2, 0.25) is 0 Å². The lowest BCUT2D eigenvalue weighted by molar-refractivity contribution is -0.114. The molecule has 0 saturated heterocycles. The van der Waals surface area contributed by atoms with Gasteiger partial charge in [0.25, 0.3) is 0 Å². The molecule has 2 aromatic carbocycles. The molecule has 0 saturated carbocycles. The Morgan fingerprint density at radius 2 is 1.96 bits per heavy atom. The Bertz CT molecular complexity index is 963. The molecule has 0 atom stereocenters. The molecule has 0 aliphatic carbocycles. The number of nitrogens with one attached hydrogen (secondary N) is 1. The number of nitrogens with zero attached hydrogens (tertiary/aromatic N) is 2. The second-order valence-corrected chi connectivity index (χ2v) is 5.54. The number of hydrogen-bond donors (Lipinski definition) is 2. The van der Waals surface area contributed by atoms with Gasteiger partial charge in [0.05, 0.1) is 16.8 Å². The lowest BCUT2D eigenvalue weighted by atomic mass is 10.1. The highest BCUT2D eigenvalue weighted by Gasteiger charge is 2.18. The number of hydrogen-bond acceptors (Lipinski definition) is 3. The summed E-state index contributed by atoms with van der Waals surface area (Å²) in [6.07, 6.45) is 0. The molecular formula is C19H17N3O2. The lowest BCUT2D eigenvalue weighted by Crippen LogP contribution is -2.05. The quantitative estimate of drug-likeness (QED) is 0.769. The van der Waals surface area contributed by atoms with Gasteiger partial charge in [-0.25, -0.2) is 0 Å². The molecule has 1 amide bonds.